The van der Waals surface area contributed by atoms with Crippen LogP contribution in [-0.4, -0.2) is 52.0 Å². The van der Waals surface area contributed by atoms with Crippen molar-refractivity contribution in [1.82, 2.24) is 9.62 Å². The number of aromatic hydroxyl groups is 1. The van der Waals surface area contributed by atoms with Crippen molar-refractivity contribution in [3.05, 3.63) is 41.9 Å². The molecule has 2 aromatic rings. The van der Waals surface area contributed by atoms with E-state index in [1.807, 2.05) is 13.0 Å². The molecule has 1 aromatic carbocycles. The topological polar surface area (TPSA) is 154 Å². The molecule has 1 saturated carbocycles. The lowest BCUT2D eigenvalue weighted by Crippen LogP contribution is -2.37. The number of rotatable bonds is 6. The number of benzene rings is 1. The number of amidine groups is 2. The second-order valence-corrected chi connectivity index (χ2v) is 11.3. The van der Waals surface area contributed by atoms with Crippen molar-refractivity contribution < 1.29 is 26.4 Å². The molecule has 0 amide bonds. The Labute approximate surface area is 186 Å². The molecule has 32 heavy (non-hydrogen) atoms. The summed E-state index contributed by atoms with van der Waals surface area (Å²) in [5.41, 5.74) is 0.902. The van der Waals surface area contributed by atoms with Crippen LogP contribution in [0.3, 0.4) is 0 Å². The van der Waals surface area contributed by atoms with E-state index in [0.29, 0.717) is 5.76 Å². The van der Waals surface area contributed by atoms with Crippen molar-refractivity contribution in [2.75, 3.05) is 19.4 Å². The zero-order valence-electron chi connectivity index (χ0n) is 17.6. The fraction of sp³-hybridized carbons (Fsp3) is 0.368. The van der Waals surface area contributed by atoms with E-state index in [4.69, 9.17) is 4.42 Å². The normalized spacial score (nSPS) is 18.9. The van der Waals surface area contributed by atoms with Gasteiger partial charge in [0.05, 0.1) is 18.0 Å². The first kappa shape index (κ1) is 22.3. The van der Waals surface area contributed by atoms with Crippen molar-refractivity contribution in [3.8, 4) is 5.75 Å². The van der Waals surface area contributed by atoms with Crippen LogP contribution < -0.4 is 10.6 Å². The second kappa shape index (κ2) is 7.90. The number of hydrogen-bond donors (Lipinski definition) is 3. The summed E-state index contributed by atoms with van der Waals surface area (Å²) < 4.78 is 63.0. The van der Waals surface area contributed by atoms with Crippen molar-refractivity contribution in [3.63, 3.8) is 0 Å². The molecule has 1 fully saturated rings. The minimum absolute atomic E-state index is 0.0323. The number of nitrogens with zero attached hydrogens (tertiary/aromatic N) is 3. The quantitative estimate of drug-likeness (QED) is 0.527. The van der Waals surface area contributed by atoms with Crippen LogP contribution in [0.25, 0.3) is 0 Å². The summed E-state index contributed by atoms with van der Waals surface area (Å²) >= 11 is 0. The Morgan fingerprint density at radius 3 is 2.50 bits per heavy atom. The fourth-order valence-corrected chi connectivity index (χ4v) is 5.06. The Morgan fingerprint density at radius 1 is 1.22 bits per heavy atom. The number of phenols is 1. The van der Waals surface area contributed by atoms with Crippen molar-refractivity contribution in [2.24, 2.45) is 14.7 Å². The summed E-state index contributed by atoms with van der Waals surface area (Å²) in [6.45, 7) is 1.89. The monoisotopic (exact) mass is 481 g/mol. The molecule has 0 unspecified atom stereocenters. The van der Waals surface area contributed by atoms with E-state index in [9.17, 15) is 21.9 Å². The molecular weight excluding hydrogens is 458 g/mol. The predicted octanol–water partition coefficient (Wildman–Crippen LogP) is 1.75. The highest BCUT2D eigenvalue weighted by atomic mass is 32.2. The van der Waals surface area contributed by atoms with Crippen LogP contribution in [0, 0.1) is 12.8 Å². The molecule has 2 aliphatic rings. The third-order valence-electron chi connectivity index (χ3n) is 5.09. The lowest BCUT2D eigenvalue weighted by atomic mass is 10.1. The minimum Gasteiger partial charge on any atom is -0.504 e. The maximum Gasteiger partial charge on any atom is 0.367 e. The molecule has 0 saturated heterocycles. The Balaban J connectivity index is 1.65. The highest BCUT2D eigenvalue weighted by molar-refractivity contribution is 7.89. The zero-order chi connectivity index (χ0) is 23.3. The van der Waals surface area contributed by atoms with Gasteiger partial charge in [-0.05, 0) is 49.4 Å². The van der Waals surface area contributed by atoms with E-state index in [1.54, 1.807) is 6.26 Å². The summed E-state index contributed by atoms with van der Waals surface area (Å²) in [7, 11) is -5.40. The third-order valence-corrected chi connectivity index (χ3v) is 7.76. The zero-order valence-corrected chi connectivity index (χ0v) is 19.2. The summed E-state index contributed by atoms with van der Waals surface area (Å²) in [5.74, 6) is 0.130. The Kier molecular flexibility index (Phi) is 5.51. The van der Waals surface area contributed by atoms with E-state index in [2.05, 4.69) is 19.4 Å². The van der Waals surface area contributed by atoms with Crippen LogP contribution in [0.4, 0.5) is 5.69 Å². The maximum atomic E-state index is 12.5. The van der Waals surface area contributed by atoms with Gasteiger partial charge in [0.2, 0.25) is 10.0 Å². The van der Waals surface area contributed by atoms with Gasteiger partial charge in [0.1, 0.15) is 10.7 Å². The molecule has 1 atom stereocenters. The van der Waals surface area contributed by atoms with Gasteiger partial charge in [-0.25, -0.2) is 12.7 Å². The van der Waals surface area contributed by atoms with Gasteiger partial charge >= 0.3 is 10.2 Å². The average Bonchev–Trinajstić information content (AvgIpc) is 3.38. The molecule has 172 valence electrons. The van der Waals surface area contributed by atoms with Crippen LogP contribution in [0.2, 0.25) is 0 Å². The molecule has 13 heteroatoms. The second-order valence-electron chi connectivity index (χ2n) is 7.88. The van der Waals surface area contributed by atoms with Crippen LogP contribution in [-0.2, 0) is 20.2 Å². The molecular formula is C19H23N5O6S2. The van der Waals surface area contributed by atoms with Gasteiger partial charge in [-0.2, -0.15) is 8.42 Å². The van der Waals surface area contributed by atoms with E-state index in [0.717, 1.165) is 22.7 Å². The fourth-order valence-electron chi connectivity index (χ4n) is 3.28. The van der Waals surface area contributed by atoms with Crippen LogP contribution >= 0.6 is 0 Å². The lowest BCUT2D eigenvalue weighted by molar-refractivity contribution is 0.420. The van der Waals surface area contributed by atoms with Gasteiger partial charge in [0.15, 0.2) is 17.4 Å². The van der Waals surface area contributed by atoms with Crippen molar-refractivity contribution in [2.45, 2.75) is 30.7 Å². The van der Waals surface area contributed by atoms with E-state index in [1.165, 1.54) is 32.3 Å². The third kappa shape index (κ3) is 4.36. The van der Waals surface area contributed by atoms with Gasteiger partial charge in [-0.15, -0.1) is 8.80 Å². The number of para-hydroxylation sites is 1. The average molecular weight is 482 g/mol. The summed E-state index contributed by atoms with van der Waals surface area (Å²) in [5, 5.41) is 16.4. The van der Waals surface area contributed by atoms with Crippen LogP contribution in [0.15, 0.2) is 48.6 Å². The molecule has 0 radical (unpaired) electrons. The number of sulfonamides is 1. The smallest absolute Gasteiger partial charge is 0.367 e. The largest absolute Gasteiger partial charge is 0.504 e. The SMILES string of the molecule is Cc1coc([C@H](NC2=NS(=O)(=O)N=C2Nc2cccc(S(=O)(=O)N(C)C)c2O)C2CC2)c1. The lowest BCUT2D eigenvalue weighted by Gasteiger charge is -2.19. The molecule has 4 rings (SSSR count). The van der Waals surface area contributed by atoms with Gasteiger partial charge in [0.25, 0.3) is 0 Å². The number of phenolic OH excluding ortho intramolecular Hbond substituents is 1. The molecule has 0 spiro atoms. The first-order valence-corrected chi connectivity index (χ1v) is 12.6. The highest BCUT2D eigenvalue weighted by Gasteiger charge is 2.37. The highest BCUT2D eigenvalue weighted by Crippen LogP contribution is 2.42. The van der Waals surface area contributed by atoms with Gasteiger partial charge in [-0.1, -0.05) is 6.07 Å². The van der Waals surface area contributed by atoms with Crippen LogP contribution in [0.1, 0.15) is 30.2 Å². The number of hydrogen-bond acceptors (Lipinski definition) is 8. The molecule has 2 heterocycles. The minimum atomic E-state index is -4.15. The van der Waals surface area contributed by atoms with Crippen molar-refractivity contribution in [1.29, 1.82) is 0 Å². The molecule has 1 aliphatic carbocycles. The van der Waals surface area contributed by atoms with Gasteiger partial charge < -0.3 is 20.2 Å². The van der Waals surface area contributed by atoms with E-state index in [-0.39, 0.29) is 34.2 Å². The van der Waals surface area contributed by atoms with E-state index >= 15 is 0 Å². The molecule has 1 aromatic heterocycles. The number of aryl methyl sites for hydroxylation is 1. The van der Waals surface area contributed by atoms with Gasteiger partial charge in [-0.3, -0.25) is 0 Å². The standard InChI is InChI=1S/C19H23N5O6S2/c1-11-9-14(30-10-11)16(12-7-8-12)21-19-18(22-32(28,29)23-19)20-13-5-4-6-15(17(13)25)31(26,27)24(2)3/h4-6,9-10,12,16,25H,7-8H2,1-3H3,(H,20,22)(H,21,23)/t16-/m1/s1. The molecule has 1 aliphatic heterocycles. The number of furan rings is 1. The van der Waals surface area contributed by atoms with E-state index < -0.39 is 26.0 Å². The Morgan fingerprint density at radius 2 is 1.91 bits per heavy atom. The molecule has 3 N–H and O–H groups in total. The van der Waals surface area contributed by atoms with Crippen LogP contribution in [0.5, 0.6) is 5.75 Å². The first-order chi connectivity index (χ1) is 15.0. The number of anilines is 1. The number of nitrogens with one attached hydrogen (secondary N) is 2. The first-order valence-electron chi connectivity index (χ1n) is 9.76. The Bertz CT molecular complexity index is 1320. The van der Waals surface area contributed by atoms with Crippen molar-refractivity contribution >= 4 is 37.6 Å². The summed E-state index contributed by atoms with van der Waals surface area (Å²) in [6, 6.07) is 5.63. The predicted molar refractivity (Wildman–Crippen MR) is 118 cm³/mol. The Hall–Kier alpha value is -2.90. The van der Waals surface area contributed by atoms with Gasteiger partial charge in [0, 0.05) is 14.1 Å². The summed E-state index contributed by atoms with van der Waals surface area (Å²) in [4.78, 5) is -0.331. The molecule has 0 bridgehead atoms. The summed E-state index contributed by atoms with van der Waals surface area (Å²) in [6.07, 6.45) is 3.51. The maximum absolute atomic E-state index is 12.5. The molecule has 11 nitrogen and oxygen atoms in total.